The Bertz CT molecular complexity index is 937. The van der Waals surface area contributed by atoms with Crippen LogP contribution in [0.4, 0.5) is 5.69 Å². The molecule has 0 aliphatic rings. The van der Waals surface area contributed by atoms with Crippen molar-refractivity contribution in [1.82, 2.24) is 20.2 Å². The molecule has 2 aromatic carbocycles. The number of hydrogen-bond acceptors (Lipinski definition) is 5. The number of halogens is 1. The van der Waals surface area contributed by atoms with Crippen molar-refractivity contribution in [1.29, 1.82) is 0 Å². The number of Topliss-reactive ketones (excluding diaryl/α,β-unsaturated/α-hetero) is 1. The van der Waals surface area contributed by atoms with Gasteiger partial charge < -0.3 is 5.32 Å². The maximum Gasteiger partial charge on any atom is 0.224 e. The second kappa shape index (κ2) is 8.01. The van der Waals surface area contributed by atoms with Crippen LogP contribution in [-0.2, 0) is 11.8 Å². The van der Waals surface area contributed by atoms with Crippen LogP contribution in [0.5, 0.6) is 0 Å². The van der Waals surface area contributed by atoms with Crippen molar-refractivity contribution in [2.75, 3.05) is 5.32 Å². The maximum absolute atomic E-state index is 12.2. The number of anilines is 1. The number of benzene rings is 2. The lowest BCUT2D eigenvalue weighted by atomic mass is 10.1. The van der Waals surface area contributed by atoms with Crippen molar-refractivity contribution in [3.63, 3.8) is 0 Å². The SMILES string of the molecule is Cn1nnnc1-c1cccc(NC(=O)CCC(=O)c2ccc(Br)cc2)c1. The van der Waals surface area contributed by atoms with E-state index in [1.165, 1.54) is 0 Å². The topological polar surface area (TPSA) is 89.8 Å². The number of aryl methyl sites for hydroxylation is 1. The molecule has 7 nitrogen and oxygen atoms in total. The molecule has 0 aliphatic heterocycles. The third-order valence-corrected chi connectivity index (χ3v) is 4.30. The summed E-state index contributed by atoms with van der Waals surface area (Å²) in [5.41, 5.74) is 2.02. The molecule has 0 atom stereocenters. The van der Waals surface area contributed by atoms with Gasteiger partial charge >= 0.3 is 0 Å². The van der Waals surface area contributed by atoms with E-state index in [1.807, 2.05) is 12.1 Å². The maximum atomic E-state index is 12.2. The average molecular weight is 414 g/mol. The van der Waals surface area contributed by atoms with Crippen molar-refractivity contribution in [2.45, 2.75) is 12.8 Å². The predicted octanol–water partition coefficient (Wildman–Crippen LogP) is 3.24. The van der Waals surface area contributed by atoms with E-state index in [0.717, 1.165) is 10.0 Å². The molecule has 0 saturated carbocycles. The number of carbonyl (C=O) groups is 2. The molecule has 0 bridgehead atoms. The molecular weight excluding hydrogens is 398 g/mol. The van der Waals surface area contributed by atoms with E-state index in [1.54, 1.807) is 48.1 Å². The summed E-state index contributed by atoms with van der Waals surface area (Å²) in [7, 11) is 1.74. The zero-order chi connectivity index (χ0) is 18.5. The molecule has 1 amide bonds. The van der Waals surface area contributed by atoms with E-state index >= 15 is 0 Å². The van der Waals surface area contributed by atoms with Crippen LogP contribution in [0.3, 0.4) is 0 Å². The summed E-state index contributed by atoms with van der Waals surface area (Å²) in [6.07, 6.45) is 0.269. The molecule has 3 aromatic rings. The van der Waals surface area contributed by atoms with Gasteiger partial charge in [0.05, 0.1) is 0 Å². The van der Waals surface area contributed by atoms with Crippen molar-refractivity contribution in [2.24, 2.45) is 7.05 Å². The van der Waals surface area contributed by atoms with Crippen LogP contribution < -0.4 is 5.32 Å². The monoisotopic (exact) mass is 413 g/mol. The van der Waals surface area contributed by atoms with Gasteiger partial charge in [-0.05, 0) is 34.7 Å². The Kier molecular flexibility index (Phi) is 5.52. The number of amides is 1. The molecule has 0 fully saturated rings. The van der Waals surface area contributed by atoms with Gasteiger partial charge in [-0.15, -0.1) is 5.10 Å². The minimum Gasteiger partial charge on any atom is -0.326 e. The van der Waals surface area contributed by atoms with Crippen LogP contribution in [0, 0.1) is 0 Å². The summed E-state index contributed by atoms with van der Waals surface area (Å²) < 4.78 is 2.46. The van der Waals surface area contributed by atoms with Gasteiger partial charge in [0, 0.05) is 41.2 Å². The van der Waals surface area contributed by atoms with Gasteiger partial charge in [-0.3, -0.25) is 9.59 Å². The molecule has 3 rings (SSSR count). The molecule has 1 heterocycles. The first-order chi connectivity index (χ1) is 12.5. The lowest BCUT2D eigenvalue weighted by Crippen LogP contribution is -2.13. The lowest BCUT2D eigenvalue weighted by Gasteiger charge is -2.07. The largest absolute Gasteiger partial charge is 0.326 e. The van der Waals surface area contributed by atoms with Crippen LogP contribution in [-0.4, -0.2) is 31.9 Å². The van der Waals surface area contributed by atoms with Crippen molar-refractivity contribution in [3.8, 4) is 11.4 Å². The van der Waals surface area contributed by atoms with Gasteiger partial charge in [-0.1, -0.05) is 40.2 Å². The molecule has 0 aliphatic carbocycles. The van der Waals surface area contributed by atoms with Crippen molar-refractivity contribution < 1.29 is 9.59 Å². The zero-order valence-corrected chi connectivity index (χ0v) is 15.6. The van der Waals surface area contributed by atoms with Crippen LogP contribution >= 0.6 is 15.9 Å². The van der Waals surface area contributed by atoms with Gasteiger partial charge in [0.2, 0.25) is 5.91 Å². The normalized spacial score (nSPS) is 10.5. The zero-order valence-electron chi connectivity index (χ0n) is 14.0. The molecule has 26 heavy (non-hydrogen) atoms. The van der Waals surface area contributed by atoms with E-state index < -0.39 is 0 Å². The predicted molar refractivity (Wildman–Crippen MR) is 101 cm³/mol. The highest BCUT2D eigenvalue weighted by Gasteiger charge is 2.11. The van der Waals surface area contributed by atoms with Gasteiger partial charge in [0.25, 0.3) is 0 Å². The first kappa shape index (κ1) is 17.9. The Labute approximate surface area is 158 Å². The summed E-state index contributed by atoms with van der Waals surface area (Å²) in [6, 6.07) is 14.3. The number of nitrogens with one attached hydrogen (secondary N) is 1. The minimum absolute atomic E-state index is 0.0634. The fraction of sp³-hybridized carbons (Fsp3) is 0.167. The Morgan fingerprint density at radius 3 is 2.58 bits per heavy atom. The number of carbonyl (C=O) groups excluding carboxylic acids is 2. The second-order valence-corrected chi connectivity index (χ2v) is 6.60. The number of hydrogen-bond donors (Lipinski definition) is 1. The van der Waals surface area contributed by atoms with E-state index in [-0.39, 0.29) is 24.5 Å². The van der Waals surface area contributed by atoms with E-state index in [0.29, 0.717) is 17.1 Å². The van der Waals surface area contributed by atoms with Gasteiger partial charge in [-0.2, -0.15) is 0 Å². The van der Waals surface area contributed by atoms with E-state index in [2.05, 4.69) is 36.8 Å². The summed E-state index contributed by atoms with van der Waals surface area (Å²) in [5, 5.41) is 14.2. The minimum atomic E-state index is -0.219. The Morgan fingerprint density at radius 1 is 1.12 bits per heavy atom. The molecule has 1 aromatic heterocycles. The van der Waals surface area contributed by atoms with Crippen LogP contribution in [0.2, 0.25) is 0 Å². The number of nitrogens with zero attached hydrogens (tertiary/aromatic N) is 4. The third-order valence-electron chi connectivity index (χ3n) is 3.77. The molecule has 0 saturated heterocycles. The summed E-state index contributed by atoms with van der Waals surface area (Å²) >= 11 is 3.33. The molecule has 0 radical (unpaired) electrons. The third kappa shape index (κ3) is 4.40. The smallest absolute Gasteiger partial charge is 0.224 e. The molecule has 1 N–H and O–H groups in total. The Morgan fingerprint density at radius 2 is 1.88 bits per heavy atom. The van der Waals surface area contributed by atoms with Crippen LogP contribution in [0.25, 0.3) is 11.4 Å². The summed E-state index contributed by atoms with van der Waals surface area (Å²) in [6.45, 7) is 0. The fourth-order valence-electron chi connectivity index (χ4n) is 2.44. The second-order valence-electron chi connectivity index (χ2n) is 5.69. The highest BCUT2D eigenvalue weighted by molar-refractivity contribution is 9.10. The highest BCUT2D eigenvalue weighted by atomic mass is 79.9. The van der Waals surface area contributed by atoms with E-state index in [4.69, 9.17) is 0 Å². The van der Waals surface area contributed by atoms with Gasteiger partial charge in [0.15, 0.2) is 11.6 Å². The first-order valence-corrected chi connectivity index (χ1v) is 8.73. The quantitative estimate of drug-likeness (QED) is 0.626. The molecule has 8 heteroatoms. The number of tetrazole rings is 1. The fourth-order valence-corrected chi connectivity index (χ4v) is 2.71. The highest BCUT2D eigenvalue weighted by Crippen LogP contribution is 2.20. The molecular formula is C18H16BrN5O2. The van der Waals surface area contributed by atoms with Crippen LogP contribution in [0.15, 0.2) is 53.0 Å². The Hall–Kier alpha value is -2.87. The Balaban J connectivity index is 1.59. The lowest BCUT2D eigenvalue weighted by molar-refractivity contribution is -0.116. The van der Waals surface area contributed by atoms with Crippen molar-refractivity contribution >= 4 is 33.3 Å². The summed E-state index contributed by atoms with van der Waals surface area (Å²) in [5.74, 6) is 0.321. The number of rotatable bonds is 6. The first-order valence-electron chi connectivity index (χ1n) is 7.94. The van der Waals surface area contributed by atoms with Crippen LogP contribution in [0.1, 0.15) is 23.2 Å². The molecule has 132 valence electrons. The van der Waals surface area contributed by atoms with Crippen molar-refractivity contribution in [3.05, 3.63) is 58.6 Å². The number of ketones is 1. The molecule has 0 spiro atoms. The number of aromatic nitrogens is 4. The van der Waals surface area contributed by atoms with E-state index in [9.17, 15) is 9.59 Å². The average Bonchev–Trinajstić information content (AvgIpc) is 3.06. The standard InChI is InChI=1S/C18H16BrN5O2/c1-24-18(21-22-23-24)13-3-2-4-15(11-13)20-17(26)10-9-16(25)12-5-7-14(19)8-6-12/h2-8,11H,9-10H2,1H3,(H,20,26). The molecule has 0 unspecified atom stereocenters. The van der Waals surface area contributed by atoms with Gasteiger partial charge in [-0.25, -0.2) is 4.68 Å². The summed E-state index contributed by atoms with van der Waals surface area (Å²) in [4.78, 5) is 24.3. The van der Waals surface area contributed by atoms with Gasteiger partial charge in [0.1, 0.15) is 0 Å².